The maximum absolute atomic E-state index is 9.25. The molecule has 0 bridgehead atoms. The van der Waals surface area contributed by atoms with E-state index in [2.05, 4.69) is 15.9 Å². The topological polar surface area (TPSA) is 49.5 Å². The molecule has 1 aromatic carbocycles. The molecule has 78 valence electrons. The molecule has 1 unspecified atom stereocenters. The van der Waals surface area contributed by atoms with Gasteiger partial charge >= 0.3 is 0 Å². The third-order valence-electron chi connectivity index (χ3n) is 1.94. The summed E-state index contributed by atoms with van der Waals surface area (Å²) in [6.45, 7) is 2.32. The van der Waals surface area contributed by atoms with Crippen molar-refractivity contribution in [3.8, 4) is 0 Å². The summed E-state index contributed by atoms with van der Waals surface area (Å²) in [6.07, 6.45) is -0.363. The van der Waals surface area contributed by atoms with Crippen LogP contribution in [0.4, 0.5) is 11.4 Å². The molecule has 4 heteroatoms. The zero-order valence-electron chi connectivity index (χ0n) is 8.37. The van der Waals surface area contributed by atoms with E-state index in [4.69, 9.17) is 5.73 Å². The Labute approximate surface area is 92.7 Å². The second-order valence-corrected chi connectivity index (χ2v) is 4.35. The van der Waals surface area contributed by atoms with Gasteiger partial charge in [0.2, 0.25) is 0 Å². The van der Waals surface area contributed by atoms with Crippen molar-refractivity contribution in [2.45, 2.75) is 13.0 Å². The van der Waals surface area contributed by atoms with Crippen LogP contribution < -0.4 is 10.6 Å². The molecule has 0 aliphatic rings. The highest BCUT2D eigenvalue weighted by atomic mass is 79.9. The molecule has 0 radical (unpaired) electrons. The molecule has 0 aliphatic heterocycles. The smallest absolute Gasteiger partial charge is 0.0686 e. The zero-order chi connectivity index (χ0) is 10.7. The number of anilines is 2. The number of nitrogens with two attached hydrogens (primary N) is 1. The lowest BCUT2D eigenvalue weighted by molar-refractivity contribution is 0.201. The van der Waals surface area contributed by atoms with Gasteiger partial charge in [-0.05, 0) is 25.1 Å². The van der Waals surface area contributed by atoms with E-state index in [1.54, 1.807) is 6.92 Å². The van der Waals surface area contributed by atoms with Crippen LogP contribution in [0, 0.1) is 0 Å². The van der Waals surface area contributed by atoms with Crippen LogP contribution in [0.25, 0.3) is 0 Å². The van der Waals surface area contributed by atoms with E-state index in [9.17, 15) is 5.11 Å². The molecule has 1 atom stereocenters. The Kier molecular flexibility index (Phi) is 3.77. The summed E-state index contributed by atoms with van der Waals surface area (Å²) in [5.74, 6) is 0. The second-order valence-electron chi connectivity index (χ2n) is 3.43. The average molecular weight is 259 g/mol. The van der Waals surface area contributed by atoms with Gasteiger partial charge in [0.15, 0.2) is 0 Å². The maximum Gasteiger partial charge on any atom is 0.0686 e. The van der Waals surface area contributed by atoms with Crippen molar-refractivity contribution in [2.75, 3.05) is 24.2 Å². The van der Waals surface area contributed by atoms with Gasteiger partial charge in [0.1, 0.15) is 0 Å². The second kappa shape index (κ2) is 4.66. The maximum atomic E-state index is 9.25. The molecular formula is C10H15BrN2O. The molecule has 0 saturated heterocycles. The Bertz CT molecular complexity index is 315. The van der Waals surface area contributed by atoms with Crippen molar-refractivity contribution in [1.82, 2.24) is 0 Å². The highest BCUT2D eigenvalue weighted by molar-refractivity contribution is 9.10. The van der Waals surface area contributed by atoms with Crippen LogP contribution in [0.5, 0.6) is 0 Å². The van der Waals surface area contributed by atoms with Crippen molar-refractivity contribution in [1.29, 1.82) is 0 Å². The number of hydrogen-bond donors (Lipinski definition) is 2. The van der Waals surface area contributed by atoms with E-state index in [0.29, 0.717) is 6.54 Å². The standard InChI is InChI=1S/C10H15BrN2O/c1-7(14)6-13(2)10-5-8(11)3-4-9(10)12/h3-5,7,14H,6,12H2,1-2H3. The molecule has 0 amide bonds. The van der Waals surface area contributed by atoms with Crippen molar-refractivity contribution < 1.29 is 5.11 Å². The fraction of sp³-hybridized carbons (Fsp3) is 0.400. The first-order valence-corrected chi connectivity index (χ1v) is 5.24. The van der Waals surface area contributed by atoms with Crippen LogP contribution in [0.3, 0.4) is 0 Å². The predicted octanol–water partition coefficient (Wildman–Crippen LogP) is 1.85. The van der Waals surface area contributed by atoms with Gasteiger partial charge in [0.05, 0.1) is 17.5 Å². The lowest BCUT2D eigenvalue weighted by Crippen LogP contribution is -2.27. The van der Waals surface area contributed by atoms with Crippen LogP contribution in [-0.2, 0) is 0 Å². The summed E-state index contributed by atoms with van der Waals surface area (Å²) in [5.41, 5.74) is 7.47. The molecule has 0 aromatic heterocycles. The number of rotatable bonds is 3. The zero-order valence-corrected chi connectivity index (χ0v) is 9.95. The predicted molar refractivity (Wildman–Crippen MR) is 63.5 cm³/mol. The molecule has 14 heavy (non-hydrogen) atoms. The van der Waals surface area contributed by atoms with Gasteiger partial charge in [-0.2, -0.15) is 0 Å². The molecule has 0 heterocycles. The van der Waals surface area contributed by atoms with E-state index in [0.717, 1.165) is 15.8 Å². The number of likely N-dealkylation sites (N-methyl/N-ethyl adjacent to an activating group) is 1. The molecule has 1 aromatic rings. The van der Waals surface area contributed by atoms with Gasteiger partial charge in [-0.25, -0.2) is 0 Å². The molecule has 1 rings (SSSR count). The highest BCUT2D eigenvalue weighted by Crippen LogP contribution is 2.26. The number of nitrogens with zero attached hydrogens (tertiary/aromatic N) is 1. The first-order valence-electron chi connectivity index (χ1n) is 4.45. The fourth-order valence-corrected chi connectivity index (χ4v) is 1.69. The summed E-state index contributed by atoms with van der Waals surface area (Å²) in [5, 5.41) is 9.25. The van der Waals surface area contributed by atoms with Crippen LogP contribution in [0.1, 0.15) is 6.92 Å². The lowest BCUT2D eigenvalue weighted by atomic mass is 10.2. The molecule has 0 saturated carbocycles. The molecule has 3 nitrogen and oxygen atoms in total. The lowest BCUT2D eigenvalue weighted by Gasteiger charge is -2.22. The van der Waals surface area contributed by atoms with Crippen molar-refractivity contribution in [2.24, 2.45) is 0 Å². The summed E-state index contributed by atoms with van der Waals surface area (Å²) in [7, 11) is 1.91. The van der Waals surface area contributed by atoms with E-state index >= 15 is 0 Å². The monoisotopic (exact) mass is 258 g/mol. The quantitative estimate of drug-likeness (QED) is 0.814. The summed E-state index contributed by atoms with van der Waals surface area (Å²) < 4.78 is 0.985. The molecular weight excluding hydrogens is 244 g/mol. The Morgan fingerprint density at radius 2 is 2.21 bits per heavy atom. The van der Waals surface area contributed by atoms with Gasteiger partial charge in [-0.1, -0.05) is 15.9 Å². The highest BCUT2D eigenvalue weighted by Gasteiger charge is 2.07. The van der Waals surface area contributed by atoms with E-state index in [-0.39, 0.29) is 6.10 Å². The Balaban J connectivity index is 2.88. The number of benzene rings is 1. The number of aliphatic hydroxyl groups excluding tert-OH is 1. The summed E-state index contributed by atoms with van der Waals surface area (Å²) in [6, 6.07) is 5.69. The Hall–Kier alpha value is -0.740. The van der Waals surface area contributed by atoms with Crippen LogP contribution in [-0.4, -0.2) is 24.8 Å². The normalized spacial score (nSPS) is 12.6. The summed E-state index contributed by atoms with van der Waals surface area (Å²) in [4.78, 5) is 1.94. The van der Waals surface area contributed by atoms with Crippen LogP contribution in [0.15, 0.2) is 22.7 Å². The van der Waals surface area contributed by atoms with Gasteiger partial charge in [0.25, 0.3) is 0 Å². The fourth-order valence-electron chi connectivity index (χ4n) is 1.34. The Morgan fingerprint density at radius 1 is 1.57 bits per heavy atom. The third kappa shape index (κ3) is 2.89. The van der Waals surface area contributed by atoms with Crippen molar-refractivity contribution in [3.05, 3.63) is 22.7 Å². The molecule has 0 fully saturated rings. The van der Waals surface area contributed by atoms with E-state index in [1.807, 2.05) is 30.1 Å². The van der Waals surface area contributed by atoms with Crippen LogP contribution in [0.2, 0.25) is 0 Å². The number of nitrogen functional groups attached to an aromatic ring is 1. The minimum Gasteiger partial charge on any atom is -0.397 e. The first-order chi connectivity index (χ1) is 6.50. The van der Waals surface area contributed by atoms with Crippen molar-refractivity contribution in [3.63, 3.8) is 0 Å². The van der Waals surface area contributed by atoms with Crippen LogP contribution >= 0.6 is 15.9 Å². The van der Waals surface area contributed by atoms with Gasteiger partial charge in [0, 0.05) is 18.1 Å². The van der Waals surface area contributed by atoms with E-state index < -0.39 is 0 Å². The van der Waals surface area contributed by atoms with Crippen molar-refractivity contribution >= 4 is 27.3 Å². The number of halogens is 1. The van der Waals surface area contributed by atoms with Gasteiger partial charge < -0.3 is 15.7 Å². The molecule has 0 aliphatic carbocycles. The Morgan fingerprint density at radius 3 is 2.79 bits per heavy atom. The minimum atomic E-state index is -0.363. The molecule has 3 N–H and O–H groups in total. The number of hydrogen-bond acceptors (Lipinski definition) is 3. The minimum absolute atomic E-state index is 0.363. The van der Waals surface area contributed by atoms with Gasteiger partial charge in [-0.3, -0.25) is 0 Å². The number of aliphatic hydroxyl groups is 1. The van der Waals surface area contributed by atoms with Gasteiger partial charge in [-0.15, -0.1) is 0 Å². The largest absolute Gasteiger partial charge is 0.397 e. The summed E-state index contributed by atoms with van der Waals surface area (Å²) >= 11 is 3.39. The SMILES string of the molecule is CC(O)CN(C)c1cc(Br)ccc1N. The molecule has 0 spiro atoms. The van der Waals surface area contributed by atoms with E-state index in [1.165, 1.54) is 0 Å². The third-order valence-corrected chi connectivity index (χ3v) is 2.44. The average Bonchev–Trinajstić information content (AvgIpc) is 2.08. The first kappa shape index (κ1) is 11.3.